The summed E-state index contributed by atoms with van der Waals surface area (Å²) in [5, 5.41) is 6.05. The van der Waals surface area contributed by atoms with Crippen molar-refractivity contribution in [2.24, 2.45) is 0 Å². The Bertz CT molecular complexity index is 985. The third kappa shape index (κ3) is 4.82. The lowest BCUT2D eigenvalue weighted by molar-refractivity contribution is -0.119. The molecule has 0 saturated carbocycles. The van der Waals surface area contributed by atoms with E-state index in [0.29, 0.717) is 11.1 Å². The fourth-order valence-electron chi connectivity index (χ4n) is 3.68. The van der Waals surface area contributed by atoms with Crippen molar-refractivity contribution in [2.75, 3.05) is 11.9 Å². The van der Waals surface area contributed by atoms with Gasteiger partial charge in [-0.05, 0) is 47.3 Å². The van der Waals surface area contributed by atoms with Gasteiger partial charge in [-0.2, -0.15) is 0 Å². The number of imide groups is 1. The minimum Gasteiger partial charge on any atom is -0.332 e. The number of nitrogens with zero attached hydrogens (tertiary/aromatic N) is 1. The van der Waals surface area contributed by atoms with Crippen molar-refractivity contribution in [2.45, 2.75) is 46.0 Å². The lowest BCUT2D eigenvalue weighted by Crippen LogP contribution is -2.38. The molecule has 0 bridgehead atoms. The summed E-state index contributed by atoms with van der Waals surface area (Å²) < 4.78 is 0. The number of amides is 3. The molecule has 0 aromatic heterocycles. The van der Waals surface area contributed by atoms with E-state index in [0.717, 1.165) is 21.7 Å². The molecule has 0 unspecified atom stereocenters. The summed E-state index contributed by atoms with van der Waals surface area (Å²) in [7, 11) is 0. The summed E-state index contributed by atoms with van der Waals surface area (Å²) >= 11 is 5.37. The largest absolute Gasteiger partial charge is 0.332 e. The van der Waals surface area contributed by atoms with Crippen LogP contribution in [0.1, 0.15) is 77.8 Å². The Morgan fingerprint density at radius 2 is 1.42 bits per heavy atom. The van der Waals surface area contributed by atoms with E-state index in [1.165, 1.54) is 0 Å². The third-order valence-electron chi connectivity index (χ3n) is 5.31. The molecular weight excluding hydrogens is 410 g/mol. The minimum absolute atomic E-state index is 0.000614. The highest BCUT2D eigenvalue weighted by molar-refractivity contribution is 7.80. The smallest absolute Gasteiger partial charge is 0.261 e. The molecular formula is C24H27N3O3S. The highest BCUT2D eigenvalue weighted by atomic mass is 32.1. The highest BCUT2D eigenvalue weighted by Crippen LogP contribution is 2.32. The Hall–Kier alpha value is -3.06. The molecule has 7 heteroatoms. The van der Waals surface area contributed by atoms with E-state index in [9.17, 15) is 14.4 Å². The fourth-order valence-corrected chi connectivity index (χ4v) is 3.90. The topological polar surface area (TPSA) is 78.5 Å². The van der Waals surface area contributed by atoms with Gasteiger partial charge < -0.3 is 10.6 Å². The summed E-state index contributed by atoms with van der Waals surface area (Å²) in [4.78, 5) is 38.4. The number of fused-ring (bicyclic) bond motifs is 1. The highest BCUT2D eigenvalue weighted by Gasteiger charge is 2.35. The number of anilines is 1. The number of carbonyl (C=O) groups is 3. The Kier molecular flexibility index (Phi) is 6.85. The average molecular weight is 438 g/mol. The van der Waals surface area contributed by atoms with E-state index in [4.69, 9.17) is 12.2 Å². The molecule has 2 N–H and O–H groups in total. The van der Waals surface area contributed by atoms with Crippen LogP contribution in [0.15, 0.2) is 42.5 Å². The zero-order valence-corrected chi connectivity index (χ0v) is 19.0. The van der Waals surface area contributed by atoms with Gasteiger partial charge in [0, 0.05) is 18.7 Å². The lowest BCUT2D eigenvalue weighted by atomic mass is 9.93. The number of rotatable bonds is 6. The Morgan fingerprint density at radius 1 is 0.903 bits per heavy atom. The van der Waals surface area contributed by atoms with Crippen molar-refractivity contribution in [3.63, 3.8) is 0 Å². The third-order valence-corrected chi connectivity index (χ3v) is 5.51. The lowest BCUT2D eigenvalue weighted by Gasteiger charge is -2.21. The van der Waals surface area contributed by atoms with E-state index >= 15 is 0 Å². The van der Waals surface area contributed by atoms with Gasteiger partial charge in [0.1, 0.15) is 0 Å². The van der Waals surface area contributed by atoms with Crippen LogP contribution in [0.5, 0.6) is 0 Å². The van der Waals surface area contributed by atoms with Crippen LogP contribution in [-0.2, 0) is 4.79 Å². The maximum Gasteiger partial charge on any atom is 0.261 e. The van der Waals surface area contributed by atoms with Gasteiger partial charge >= 0.3 is 0 Å². The first-order chi connectivity index (χ1) is 14.7. The second-order valence-corrected chi connectivity index (χ2v) is 8.59. The van der Waals surface area contributed by atoms with Crippen molar-refractivity contribution < 1.29 is 14.4 Å². The molecule has 2 aromatic carbocycles. The number of nitrogens with one attached hydrogen (secondary N) is 2. The molecule has 0 atom stereocenters. The van der Waals surface area contributed by atoms with Crippen LogP contribution < -0.4 is 10.6 Å². The van der Waals surface area contributed by atoms with Gasteiger partial charge in [0.15, 0.2) is 5.11 Å². The maximum atomic E-state index is 12.4. The summed E-state index contributed by atoms with van der Waals surface area (Å²) in [6, 6.07) is 12.8. The molecule has 0 saturated heterocycles. The molecule has 1 aliphatic heterocycles. The quantitative estimate of drug-likeness (QED) is 0.516. The zero-order chi connectivity index (χ0) is 22.7. The van der Waals surface area contributed by atoms with Crippen molar-refractivity contribution in [3.8, 4) is 0 Å². The number of thiocarbonyl (C=S) groups is 1. The number of carbonyl (C=O) groups excluding carboxylic acids is 3. The molecule has 1 aliphatic rings. The molecule has 31 heavy (non-hydrogen) atoms. The summed E-state index contributed by atoms with van der Waals surface area (Å²) in [5.74, 6) is -0.535. The number of benzene rings is 2. The number of hydrogen-bond donors (Lipinski definition) is 2. The molecule has 1 heterocycles. The van der Waals surface area contributed by atoms with Crippen molar-refractivity contribution in [1.29, 1.82) is 0 Å². The molecule has 0 radical (unpaired) electrons. The normalized spacial score (nSPS) is 13.0. The summed E-state index contributed by atoms with van der Waals surface area (Å²) in [5.41, 5.74) is 3.90. The summed E-state index contributed by atoms with van der Waals surface area (Å²) in [6.07, 6.45) is -0.0316. The molecule has 0 aliphatic carbocycles. The molecule has 3 rings (SSSR count). The fraction of sp³-hybridized carbons (Fsp3) is 0.333. The van der Waals surface area contributed by atoms with Crippen LogP contribution in [0.4, 0.5) is 5.69 Å². The standard InChI is InChI=1S/C24H27N3O3S/c1-14(2)16-10-7-11-17(15(3)4)21(16)26-24(31)25-20(28)12-13-27-22(29)18-8-5-6-9-19(18)23(27)30/h5-11,14-15H,12-13H2,1-4H3,(H2,25,26,28,31). The minimum atomic E-state index is -0.374. The molecule has 6 nitrogen and oxygen atoms in total. The van der Waals surface area contributed by atoms with Gasteiger partial charge in [-0.3, -0.25) is 19.3 Å². The zero-order valence-electron chi connectivity index (χ0n) is 18.2. The van der Waals surface area contributed by atoms with Gasteiger partial charge in [0.25, 0.3) is 11.8 Å². The van der Waals surface area contributed by atoms with Crippen LogP contribution in [0, 0.1) is 0 Å². The molecule has 3 amide bonds. The van der Waals surface area contributed by atoms with E-state index < -0.39 is 0 Å². The van der Waals surface area contributed by atoms with Gasteiger partial charge in [-0.1, -0.05) is 58.0 Å². The van der Waals surface area contributed by atoms with Gasteiger partial charge in [-0.15, -0.1) is 0 Å². The van der Waals surface area contributed by atoms with Crippen LogP contribution >= 0.6 is 12.2 Å². The molecule has 162 valence electrons. The van der Waals surface area contributed by atoms with Gasteiger partial charge in [0.2, 0.25) is 5.91 Å². The first-order valence-corrected chi connectivity index (χ1v) is 10.8. The molecule has 0 spiro atoms. The second-order valence-electron chi connectivity index (χ2n) is 8.18. The average Bonchev–Trinajstić information content (AvgIpc) is 2.96. The summed E-state index contributed by atoms with van der Waals surface area (Å²) in [6.45, 7) is 8.42. The van der Waals surface area contributed by atoms with E-state index in [1.54, 1.807) is 24.3 Å². The van der Waals surface area contributed by atoms with Crippen molar-refractivity contribution in [3.05, 3.63) is 64.7 Å². The monoisotopic (exact) mass is 437 g/mol. The Balaban J connectivity index is 1.62. The van der Waals surface area contributed by atoms with E-state index in [1.807, 2.05) is 18.2 Å². The predicted octanol–water partition coefficient (Wildman–Crippen LogP) is 4.43. The predicted molar refractivity (Wildman–Crippen MR) is 125 cm³/mol. The first-order valence-electron chi connectivity index (χ1n) is 10.4. The van der Waals surface area contributed by atoms with E-state index in [2.05, 4.69) is 38.3 Å². The van der Waals surface area contributed by atoms with Gasteiger partial charge in [0.05, 0.1) is 11.1 Å². The van der Waals surface area contributed by atoms with Crippen molar-refractivity contribution in [1.82, 2.24) is 10.2 Å². The molecule has 0 fully saturated rings. The van der Waals surface area contributed by atoms with Crippen LogP contribution in [-0.4, -0.2) is 34.3 Å². The van der Waals surface area contributed by atoms with Crippen LogP contribution in [0.3, 0.4) is 0 Å². The first kappa shape index (κ1) is 22.6. The molecule has 2 aromatic rings. The van der Waals surface area contributed by atoms with Crippen LogP contribution in [0.25, 0.3) is 0 Å². The maximum absolute atomic E-state index is 12.4. The Morgan fingerprint density at radius 3 is 1.90 bits per heavy atom. The van der Waals surface area contributed by atoms with Gasteiger partial charge in [-0.25, -0.2) is 0 Å². The van der Waals surface area contributed by atoms with Crippen molar-refractivity contribution >= 4 is 40.7 Å². The number of hydrogen-bond acceptors (Lipinski definition) is 4. The van der Waals surface area contributed by atoms with Crippen LogP contribution in [0.2, 0.25) is 0 Å². The Labute approximate surface area is 188 Å². The SMILES string of the molecule is CC(C)c1cccc(C(C)C)c1NC(=S)NC(=O)CCN1C(=O)c2ccccc2C1=O. The number of para-hydroxylation sites is 1. The second kappa shape index (κ2) is 9.39. The van der Waals surface area contributed by atoms with E-state index in [-0.39, 0.29) is 47.6 Å².